The van der Waals surface area contributed by atoms with E-state index in [4.69, 9.17) is 4.74 Å². The van der Waals surface area contributed by atoms with Crippen molar-refractivity contribution in [1.82, 2.24) is 24.5 Å². The number of nitrogens with zero attached hydrogens (tertiary/aromatic N) is 5. The van der Waals surface area contributed by atoms with E-state index in [1.165, 1.54) is 0 Å². The maximum atomic E-state index is 12.2. The van der Waals surface area contributed by atoms with Gasteiger partial charge in [-0.15, -0.1) is 5.10 Å². The van der Waals surface area contributed by atoms with Crippen LogP contribution in [-0.4, -0.2) is 42.9 Å². The van der Waals surface area contributed by atoms with Crippen LogP contribution in [0, 0.1) is 0 Å². The van der Waals surface area contributed by atoms with Crippen molar-refractivity contribution in [1.29, 1.82) is 0 Å². The van der Waals surface area contributed by atoms with Crippen molar-refractivity contribution < 1.29 is 9.53 Å². The smallest absolute Gasteiger partial charge is 0.311 e. The molecule has 3 heterocycles. The first-order valence-corrected chi connectivity index (χ1v) is 9.33. The summed E-state index contributed by atoms with van der Waals surface area (Å²) in [6, 6.07) is 7.60. The molecule has 1 unspecified atom stereocenters. The minimum atomic E-state index is -0.311. The number of thioether (sulfide) groups is 1. The van der Waals surface area contributed by atoms with Crippen molar-refractivity contribution >= 4 is 28.6 Å². The van der Waals surface area contributed by atoms with E-state index in [9.17, 15) is 9.59 Å². The zero-order valence-electron chi connectivity index (χ0n) is 14.2. The lowest BCUT2D eigenvalue weighted by Crippen LogP contribution is -2.20. The minimum absolute atomic E-state index is 0.102. The van der Waals surface area contributed by atoms with Crippen LogP contribution >= 0.6 is 11.8 Å². The van der Waals surface area contributed by atoms with Crippen LogP contribution in [0.4, 0.5) is 0 Å². The first kappa shape index (κ1) is 16.8. The Kier molecular flexibility index (Phi) is 4.46. The van der Waals surface area contributed by atoms with E-state index in [-0.39, 0.29) is 24.0 Å². The van der Waals surface area contributed by atoms with Gasteiger partial charge in [0.1, 0.15) is 0 Å². The lowest BCUT2D eigenvalue weighted by Gasteiger charge is -2.16. The fraction of sp³-hybridized carbons (Fsp3) is 0.353. The number of benzene rings is 1. The van der Waals surface area contributed by atoms with E-state index in [2.05, 4.69) is 19.9 Å². The van der Waals surface area contributed by atoms with Crippen LogP contribution < -0.4 is 5.56 Å². The average Bonchev–Trinajstić information content (AvgIpc) is 3.23. The Morgan fingerprint density at radius 3 is 3.08 bits per heavy atom. The van der Waals surface area contributed by atoms with E-state index < -0.39 is 0 Å². The van der Waals surface area contributed by atoms with Crippen molar-refractivity contribution in [2.24, 2.45) is 0 Å². The van der Waals surface area contributed by atoms with Crippen LogP contribution in [0.25, 0.3) is 10.9 Å². The van der Waals surface area contributed by atoms with Crippen molar-refractivity contribution in [3.8, 4) is 0 Å². The lowest BCUT2D eigenvalue weighted by atomic mass is 10.2. The highest BCUT2D eigenvalue weighted by molar-refractivity contribution is 7.99. The Bertz CT molecular complexity index is 1030. The van der Waals surface area contributed by atoms with E-state index in [1.54, 1.807) is 35.6 Å². The number of fused-ring (bicyclic) bond motifs is 3. The summed E-state index contributed by atoms with van der Waals surface area (Å²) in [5, 5.41) is 9.50. The number of ether oxygens (including phenoxy) is 1. The quantitative estimate of drug-likeness (QED) is 0.495. The number of para-hydroxylation sites is 1. The highest BCUT2D eigenvalue weighted by Gasteiger charge is 2.26. The first-order valence-electron chi connectivity index (χ1n) is 8.34. The Balaban J connectivity index is 1.59. The fourth-order valence-corrected chi connectivity index (χ4v) is 4.22. The summed E-state index contributed by atoms with van der Waals surface area (Å²) in [5.41, 5.74) is 1.26. The molecule has 0 N–H and O–H groups in total. The van der Waals surface area contributed by atoms with E-state index in [1.807, 2.05) is 18.2 Å². The third-order valence-corrected chi connectivity index (χ3v) is 5.28. The van der Waals surface area contributed by atoms with Crippen molar-refractivity contribution in [3.63, 3.8) is 0 Å². The lowest BCUT2D eigenvalue weighted by molar-refractivity contribution is -0.142. The van der Waals surface area contributed by atoms with Gasteiger partial charge in [-0.3, -0.25) is 14.3 Å². The summed E-state index contributed by atoms with van der Waals surface area (Å²) in [6.07, 6.45) is 1.87. The first-order chi connectivity index (χ1) is 12.7. The number of aromatic nitrogens is 5. The molecule has 1 atom stereocenters. The topological polar surface area (TPSA) is 91.9 Å². The third kappa shape index (κ3) is 3.10. The maximum absolute atomic E-state index is 12.2. The molecule has 0 fully saturated rings. The SMILES string of the molecule is CCOC(=O)Cc1cn(CC2CSc3nc(=O)c4ccccc4n32)nn1. The second-order valence-corrected chi connectivity index (χ2v) is 6.95. The highest BCUT2D eigenvalue weighted by Crippen LogP contribution is 2.34. The largest absolute Gasteiger partial charge is 0.466 e. The van der Waals surface area contributed by atoms with Crippen LogP contribution in [0.5, 0.6) is 0 Å². The summed E-state index contributed by atoms with van der Waals surface area (Å²) in [7, 11) is 0. The Hall–Kier alpha value is -2.68. The number of carbonyl (C=O) groups excluding carboxylic acids is 1. The van der Waals surface area contributed by atoms with Crippen molar-refractivity contribution in [3.05, 3.63) is 46.5 Å². The molecule has 4 rings (SSSR count). The number of carbonyl (C=O) groups is 1. The van der Waals surface area contributed by atoms with Gasteiger partial charge < -0.3 is 9.30 Å². The molecule has 1 aliphatic rings. The van der Waals surface area contributed by atoms with Crippen molar-refractivity contribution in [2.45, 2.75) is 31.1 Å². The molecular weight excluding hydrogens is 354 g/mol. The number of hydrogen-bond acceptors (Lipinski definition) is 7. The predicted molar refractivity (Wildman–Crippen MR) is 96.1 cm³/mol. The van der Waals surface area contributed by atoms with Gasteiger partial charge in [0.15, 0.2) is 5.16 Å². The second kappa shape index (κ2) is 6.91. The summed E-state index contributed by atoms with van der Waals surface area (Å²) in [5.74, 6) is 0.488. The molecule has 0 radical (unpaired) electrons. The van der Waals surface area contributed by atoms with Gasteiger partial charge in [-0.05, 0) is 19.1 Å². The molecule has 8 nitrogen and oxygen atoms in total. The fourth-order valence-electron chi connectivity index (χ4n) is 3.09. The molecule has 9 heteroatoms. The molecule has 0 bridgehead atoms. The van der Waals surface area contributed by atoms with Crippen molar-refractivity contribution in [2.75, 3.05) is 12.4 Å². The van der Waals surface area contributed by atoms with Crippen LogP contribution in [0.3, 0.4) is 0 Å². The van der Waals surface area contributed by atoms with Gasteiger partial charge in [-0.1, -0.05) is 29.1 Å². The van der Waals surface area contributed by atoms with Gasteiger partial charge in [0.2, 0.25) is 0 Å². The molecular formula is C17H17N5O3S. The van der Waals surface area contributed by atoms with Gasteiger partial charge in [-0.2, -0.15) is 4.98 Å². The molecule has 26 heavy (non-hydrogen) atoms. The third-order valence-electron chi connectivity index (χ3n) is 4.18. The van der Waals surface area contributed by atoms with Gasteiger partial charge in [-0.25, -0.2) is 0 Å². The molecule has 0 aliphatic carbocycles. The molecule has 2 aromatic heterocycles. The van der Waals surface area contributed by atoms with Crippen LogP contribution in [0.15, 0.2) is 40.4 Å². The van der Waals surface area contributed by atoms with Crippen LogP contribution in [0.1, 0.15) is 18.7 Å². The van der Waals surface area contributed by atoms with Crippen LogP contribution in [0.2, 0.25) is 0 Å². The average molecular weight is 371 g/mol. The second-order valence-electron chi connectivity index (χ2n) is 5.97. The summed E-state index contributed by atoms with van der Waals surface area (Å²) in [6.45, 7) is 2.71. The summed E-state index contributed by atoms with van der Waals surface area (Å²) in [4.78, 5) is 27.9. The van der Waals surface area contributed by atoms with E-state index >= 15 is 0 Å². The summed E-state index contributed by atoms with van der Waals surface area (Å²) < 4.78 is 8.75. The maximum Gasteiger partial charge on any atom is 0.311 e. The normalized spacial score (nSPS) is 16.0. The predicted octanol–water partition coefficient (Wildman–Crippen LogP) is 1.44. The van der Waals surface area contributed by atoms with E-state index in [0.717, 1.165) is 16.4 Å². The number of hydrogen-bond donors (Lipinski definition) is 0. The Labute approximate surface area is 153 Å². The molecule has 1 aliphatic heterocycles. The number of rotatable bonds is 5. The standard InChI is InChI=1S/C17H17N5O3S/c1-2-25-15(23)7-11-8-21(20-19-11)9-12-10-26-17-18-16(24)13-5-3-4-6-14(13)22(12)17/h3-6,8,12H,2,7,9-10H2,1H3. The monoisotopic (exact) mass is 371 g/mol. The Morgan fingerprint density at radius 1 is 1.38 bits per heavy atom. The molecule has 0 spiro atoms. The molecule has 134 valence electrons. The molecule has 0 amide bonds. The zero-order valence-corrected chi connectivity index (χ0v) is 15.0. The van der Waals surface area contributed by atoms with Gasteiger partial charge in [0.05, 0.1) is 42.2 Å². The summed E-state index contributed by atoms with van der Waals surface area (Å²) >= 11 is 1.56. The molecule has 0 saturated carbocycles. The number of esters is 1. The molecule has 3 aromatic rings. The zero-order chi connectivity index (χ0) is 18.1. The van der Waals surface area contributed by atoms with E-state index in [0.29, 0.717) is 24.2 Å². The minimum Gasteiger partial charge on any atom is -0.466 e. The molecule has 1 aromatic carbocycles. The molecule has 0 saturated heterocycles. The highest BCUT2D eigenvalue weighted by atomic mass is 32.2. The van der Waals surface area contributed by atoms with Gasteiger partial charge in [0.25, 0.3) is 5.56 Å². The van der Waals surface area contributed by atoms with Crippen LogP contribution in [-0.2, 0) is 22.5 Å². The van der Waals surface area contributed by atoms with Gasteiger partial charge >= 0.3 is 5.97 Å². The van der Waals surface area contributed by atoms with Gasteiger partial charge in [0, 0.05) is 11.9 Å². The Morgan fingerprint density at radius 2 is 2.23 bits per heavy atom.